The molecule has 0 radical (unpaired) electrons. The molecule has 15 heavy (non-hydrogen) atoms. The largest absolute Gasteiger partial charge is 0.484 e. The third kappa shape index (κ3) is 1.63. The highest BCUT2D eigenvalue weighted by Crippen LogP contribution is 2.36. The van der Waals surface area contributed by atoms with Crippen LogP contribution in [-0.2, 0) is 0 Å². The van der Waals surface area contributed by atoms with Crippen molar-refractivity contribution in [1.29, 1.82) is 5.26 Å². The number of ether oxygens (including phenoxy) is 2. The maximum atomic E-state index is 8.94. The van der Waals surface area contributed by atoms with Gasteiger partial charge >= 0.3 is 0 Å². The Balaban J connectivity index is 2.43. The number of rotatable bonds is 0. The van der Waals surface area contributed by atoms with Gasteiger partial charge in [-0.1, -0.05) is 0 Å². The minimum absolute atomic E-state index is 0.277. The SMILES string of the molecule is Cc1cc2c(cc1C)O[C@](C)(C#N)CO2. The van der Waals surface area contributed by atoms with Crippen molar-refractivity contribution in [1.82, 2.24) is 0 Å². The van der Waals surface area contributed by atoms with Crippen LogP contribution in [0.1, 0.15) is 18.1 Å². The Labute approximate surface area is 89.2 Å². The third-order valence-electron chi connectivity index (χ3n) is 2.63. The Hall–Kier alpha value is -1.69. The van der Waals surface area contributed by atoms with Crippen LogP contribution in [0.4, 0.5) is 0 Å². The fourth-order valence-electron chi connectivity index (χ4n) is 1.50. The molecule has 0 saturated heterocycles. The van der Waals surface area contributed by atoms with Crippen molar-refractivity contribution in [2.75, 3.05) is 6.61 Å². The van der Waals surface area contributed by atoms with Gasteiger partial charge in [0.1, 0.15) is 12.7 Å². The summed E-state index contributed by atoms with van der Waals surface area (Å²) in [5.41, 5.74) is 1.44. The molecule has 1 aliphatic rings. The predicted molar refractivity (Wildman–Crippen MR) is 56.1 cm³/mol. The van der Waals surface area contributed by atoms with Crippen LogP contribution >= 0.6 is 0 Å². The first-order chi connectivity index (χ1) is 7.04. The summed E-state index contributed by atoms with van der Waals surface area (Å²) < 4.78 is 11.1. The maximum Gasteiger partial charge on any atom is 0.225 e. The zero-order valence-corrected chi connectivity index (χ0v) is 9.13. The minimum atomic E-state index is -0.866. The summed E-state index contributed by atoms with van der Waals surface area (Å²) in [4.78, 5) is 0. The molecule has 0 N–H and O–H groups in total. The van der Waals surface area contributed by atoms with E-state index in [1.807, 2.05) is 26.0 Å². The van der Waals surface area contributed by atoms with Crippen molar-refractivity contribution in [3.05, 3.63) is 23.3 Å². The fourth-order valence-corrected chi connectivity index (χ4v) is 1.50. The molecular formula is C12H13NO2. The molecule has 0 aliphatic carbocycles. The molecule has 1 aromatic rings. The molecule has 1 atom stereocenters. The number of nitriles is 1. The summed E-state index contributed by atoms with van der Waals surface area (Å²) in [7, 11) is 0. The summed E-state index contributed by atoms with van der Waals surface area (Å²) in [6, 6.07) is 5.97. The van der Waals surface area contributed by atoms with E-state index in [1.165, 1.54) is 0 Å². The van der Waals surface area contributed by atoms with Crippen LogP contribution < -0.4 is 9.47 Å². The predicted octanol–water partition coefficient (Wildman–Crippen LogP) is 2.36. The van der Waals surface area contributed by atoms with Crippen LogP contribution in [0.15, 0.2) is 12.1 Å². The lowest BCUT2D eigenvalue weighted by Gasteiger charge is -2.30. The first kappa shape index (κ1) is 9.85. The zero-order valence-electron chi connectivity index (χ0n) is 9.13. The summed E-state index contributed by atoms with van der Waals surface area (Å²) in [6.45, 7) is 6.04. The second-order valence-corrected chi connectivity index (χ2v) is 4.12. The molecule has 0 aromatic heterocycles. The third-order valence-corrected chi connectivity index (χ3v) is 2.63. The maximum absolute atomic E-state index is 8.94. The van der Waals surface area contributed by atoms with Gasteiger partial charge in [0.25, 0.3) is 0 Å². The summed E-state index contributed by atoms with van der Waals surface area (Å²) in [5.74, 6) is 1.39. The van der Waals surface area contributed by atoms with Crippen LogP contribution in [-0.4, -0.2) is 12.2 Å². The molecule has 3 nitrogen and oxygen atoms in total. The molecule has 0 bridgehead atoms. The Morgan fingerprint density at radius 3 is 2.47 bits per heavy atom. The van der Waals surface area contributed by atoms with Gasteiger partial charge in [0.05, 0.1) is 0 Å². The molecule has 0 unspecified atom stereocenters. The van der Waals surface area contributed by atoms with Gasteiger partial charge in [-0.15, -0.1) is 0 Å². The normalized spacial score (nSPS) is 23.3. The van der Waals surface area contributed by atoms with Gasteiger partial charge < -0.3 is 9.47 Å². The molecular weight excluding hydrogens is 190 g/mol. The van der Waals surface area contributed by atoms with Gasteiger partial charge in [0, 0.05) is 0 Å². The average Bonchev–Trinajstić information content (AvgIpc) is 2.21. The van der Waals surface area contributed by atoms with Gasteiger partial charge in [-0.25, -0.2) is 0 Å². The fraction of sp³-hybridized carbons (Fsp3) is 0.417. The topological polar surface area (TPSA) is 42.2 Å². The zero-order chi connectivity index (χ0) is 11.1. The first-order valence-corrected chi connectivity index (χ1v) is 4.88. The quantitative estimate of drug-likeness (QED) is 0.650. The summed E-state index contributed by atoms with van der Waals surface area (Å²) in [5, 5.41) is 8.94. The van der Waals surface area contributed by atoms with Gasteiger partial charge in [-0.2, -0.15) is 5.26 Å². The van der Waals surface area contributed by atoms with Crippen LogP contribution in [0.2, 0.25) is 0 Å². The highest BCUT2D eigenvalue weighted by Gasteiger charge is 2.33. The molecule has 3 heteroatoms. The van der Waals surface area contributed by atoms with Crippen molar-refractivity contribution in [3.8, 4) is 17.6 Å². The lowest BCUT2D eigenvalue weighted by molar-refractivity contribution is 0.0501. The minimum Gasteiger partial charge on any atom is -0.484 e. The van der Waals surface area contributed by atoms with Crippen molar-refractivity contribution in [2.24, 2.45) is 0 Å². The van der Waals surface area contributed by atoms with Gasteiger partial charge in [0.2, 0.25) is 5.60 Å². The van der Waals surface area contributed by atoms with E-state index in [-0.39, 0.29) is 6.61 Å². The van der Waals surface area contributed by atoms with Crippen LogP contribution in [0.5, 0.6) is 11.5 Å². The van der Waals surface area contributed by atoms with E-state index in [4.69, 9.17) is 14.7 Å². The van der Waals surface area contributed by atoms with Gasteiger partial charge in [0.15, 0.2) is 11.5 Å². The number of hydrogen-bond acceptors (Lipinski definition) is 3. The lowest BCUT2D eigenvalue weighted by atomic mass is 10.1. The summed E-state index contributed by atoms with van der Waals surface area (Å²) in [6.07, 6.45) is 0. The van der Waals surface area contributed by atoms with E-state index >= 15 is 0 Å². The number of hydrogen-bond donors (Lipinski definition) is 0. The number of fused-ring (bicyclic) bond motifs is 1. The van der Waals surface area contributed by atoms with E-state index in [0.717, 1.165) is 16.9 Å². The molecule has 0 spiro atoms. The smallest absolute Gasteiger partial charge is 0.225 e. The van der Waals surface area contributed by atoms with E-state index in [2.05, 4.69) is 6.07 Å². The average molecular weight is 203 g/mol. The Bertz CT molecular complexity index is 448. The van der Waals surface area contributed by atoms with Crippen molar-refractivity contribution >= 4 is 0 Å². The molecule has 1 heterocycles. The van der Waals surface area contributed by atoms with Gasteiger partial charge in [-0.05, 0) is 44.0 Å². The summed E-state index contributed by atoms with van der Waals surface area (Å²) >= 11 is 0. The molecule has 0 amide bonds. The van der Waals surface area contributed by atoms with Crippen LogP contribution in [0.3, 0.4) is 0 Å². The van der Waals surface area contributed by atoms with E-state index in [0.29, 0.717) is 5.75 Å². The molecule has 1 aliphatic heterocycles. The molecule has 2 rings (SSSR count). The number of benzene rings is 1. The standard InChI is InChI=1S/C12H13NO2/c1-8-4-10-11(5-9(8)2)15-12(3,6-13)7-14-10/h4-5H,7H2,1-3H3/t12-/m1/s1. The highest BCUT2D eigenvalue weighted by molar-refractivity contribution is 5.48. The Morgan fingerprint density at radius 1 is 1.27 bits per heavy atom. The van der Waals surface area contributed by atoms with Crippen molar-refractivity contribution in [3.63, 3.8) is 0 Å². The number of aryl methyl sites for hydroxylation is 2. The van der Waals surface area contributed by atoms with E-state index < -0.39 is 5.60 Å². The molecule has 78 valence electrons. The van der Waals surface area contributed by atoms with Crippen LogP contribution in [0.25, 0.3) is 0 Å². The Kier molecular flexibility index (Phi) is 2.08. The highest BCUT2D eigenvalue weighted by atomic mass is 16.6. The second-order valence-electron chi connectivity index (χ2n) is 4.12. The Morgan fingerprint density at radius 2 is 1.87 bits per heavy atom. The first-order valence-electron chi connectivity index (χ1n) is 4.88. The van der Waals surface area contributed by atoms with Gasteiger partial charge in [-0.3, -0.25) is 0 Å². The molecule has 0 saturated carbocycles. The number of nitrogens with zero attached hydrogens (tertiary/aromatic N) is 1. The molecule has 0 fully saturated rings. The second kappa shape index (κ2) is 3.16. The van der Waals surface area contributed by atoms with Crippen LogP contribution in [0, 0.1) is 25.2 Å². The molecule has 1 aromatic carbocycles. The lowest BCUT2D eigenvalue weighted by Crippen LogP contribution is -2.40. The van der Waals surface area contributed by atoms with Crippen molar-refractivity contribution < 1.29 is 9.47 Å². The monoisotopic (exact) mass is 203 g/mol. The van der Waals surface area contributed by atoms with Crippen molar-refractivity contribution in [2.45, 2.75) is 26.4 Å². The van der Waals surface area contributed by atoms with E-state index in [1.54, 1.807) is 6.92 Å². The van der Waals surface area contributed by atoms with E-state index in [9.17, 15) is 0 Å².